The predicted octanol–water partition coefficient (Wildman–Crippen LogP) is 2.17. The van der Waals surface area contributed by atoms with E-state index in [9.17, 15) is 4.79 Å². The SMILES string of the molecule is CCN=C(N)Nc1ccc(N(C)C(=O)c2ccccc2)c(CN)c1. The largest absolute Gasteiger partial charge is 0.370 e. The topological polar surface area (TPSA) is 96.7 Å². The van der Waals surface area contributed by atoms with Crippen molar-refractivity contribution in [2.45, 2.75) is 13.5 Å². The molecule has 0 saturated heterocycles. The van der Waals surface area contributed by atoms with Gasteiger partial charge in [0.25, 0.3) is 5.91 Å². The average Bonchev–Trinajstić information content (AvgIpc) is 2.61. The van der Waals surface area contributed by atoms with E-state index in [-0.39, 0.29) is 5.91 Å². The molecule has 24 heavy (non-hydrogen) atoms. The summed E-state index contributed by atoms with van der Waals surface area (Å²) < 4.78 is 0. The summed E-state index contributed by atoms with van der Waals surface area (Å²) in [5.74, 6) is 0.264. The fourth-order valence-electron chi connectivity index (χ4n) is 2.40. The van der Waals surface area contributed by atoms with Gasteiger partial charge in [0.2, 0.25) is 0 Å². The summed E-state index contributed by atoms with van der Waals surface area (Å²) in [5.41, 5.74) is 14.7. The molecule has 6 nitrogen and oxygen atoms in total. The molecule has 0 unspecified atom stereocenters. The molecule has 0 aliphatic heterocycles. The summed E-state index contributed by atoms with van der Waals surface area (Å²) in [6, 6.07) is 14.7. The lowest BCUT2D eigenvalue weighted by Crippen LogP contribution is -2.28. The second kappa shape index (κ2) is 8.12. The van der Waals surface area contributed by atoms with Crippen molar-refractivity contribution in [1.29, 1.82) is 0 Å². The standard InChI is InChI=1S/C18H23N5O/c1-3-21-18(20)22-15-9-10-16(14(11-15)12-19)23(2)17(24)13-7-5-4-6-8-13/h4-11H,3,12,19H2,1-2H3,(H3,20,21,22). The lowest BCUT2D eigenvalue weighted by molar-refractivity contribution is 0.0993. The van der Waals surface area contributed by atoms with Gasteiger partial charge in [-0.05, 0) is 42.8 Å². The lowest BCUT2D eigenvalue weighted by atomic mass is 10.1. The minimum Gasteiger partial charge on any atom is -0.370 e. The molecule has 0 aromatic heterocycles. The third-order valence-electron chi connectivity index (χ3n) is 3.59. The third kappa shape index (κ3) is 4.11. The Morgan fingerprint density at radius 1 is 1.21 bits per heavy atom. The van der Waals surface area contributed by atoms with Gasteiger partial charge in [-0.15, -0.1) is 0 Å². The van der Waals surface area contributed by atoms with Crippen molar-refractivity contribution in [3.05, 3.63) is 59.7 Å². The molecule has 0 spiro atoms. The van der Waals surface area contributed by atoms with Gasteiger partial charge in [-0.3, -0.25) is 9.79 Å². The highest BCUT2D eigenvalue weighted by molar-refractivity contribution is 6.06. The van der Waals surface area contributed by atoms with E-state index in [4.69, 9.17) is 11.5 Å². The second-order valence-corrected chi connectivity index (χ2v) is 5.26. The number of guanidine groups is 1. The molecule has 0 bridgehead atoms. The van der Waals surface area contributed by atoms with Crippen molar-refractivity contribution in [2.24, 2.45) is 16.5 Å². The number of nitrogens with two attached hydrogens (primary N) is 2. The van der Waals surface area contributed by atoms with Crippen LogP contribution in [0.3, 0.4) is 0 Å². The molecule has 6 heteroatoms. The molecule has 0 heterocycles. The number of nitrogens with zero attached hydrogens (tertiary/aromatic N) is 2. The van der Waals surface area contributed by atoms with E-state index < -0.39 is 0 Å². The first kappa shape index (κ1) is 17.5. The van der Waals surface area contributed by atoms with Crippen molar-refractivity contribution in [3.63, 3.8) is 0 Å². The number of hydrogen-bond acceptors (Lipinski definition) is 3. The van der Waals surface area contributed by atoms with Crippen molar-refractivity contribution >= 4 is 23.2 Å². The first-order valence-electron chi connectivity index (χ1n) is 7.79. The molecular weight excluding hydrogens is 302 g/mol. The van der Waals surface area contributed by atoms with E-state index >= 15 is 0 Å². The Labute approximate surface area is 142 Å². The Hall–Kier alpha value is -2.86. The molecule has 0 aliphatic carbocycles. The zero-order valence-electron chi connectivity index (χ0n) is 14.0. The van der Waals surface area contributed by atoms with Gasteiger partial charge in [0.05, 0.1) is 0 Å². The quantitative estimate of drug-likeness (QED) is 0.580. The maximum atomic E-state index is 12.6. The minimum absolute atomic E-state index is 0.0851. The van der Waals surface area contributed by atoms with Crippen molar-refractivity contribution in [3.8, 4) is 0 Å². The van der Waals surface area contributed by atoms with Gasteiger partial charge in [0.1, 0.15) is 0 Å². The monoisotopic (exact) mass is 325 g/mol. The van der Waals surface area contributed by atoms with Crippen LogP contribution < -0.4 is 21.7 Å². The van der Waals surface area contributed by atoms with Crippen LogP contribution in [-0.4, -0.2) is 25.5 Å². The fraction of sp³-hybridized carbons (Fsp3) is 0.222. The number of anilines is 2. The van der Waals surface area contributed by atoms with Crippen molar-refractivity contribution in [1.82, 2.24) is 0 Å². The number of aliphatic imine (C=N–C) groups is 1. The van der Waals surface area contributed by atoms with Crippen LogP contribution in [0.5, 0.6) is 0 Å². The van der Waals surface area contributed by atoms with E-state index in [1.54, 1.807) is 24.1 Å². The van der Waals surface area contributed by atoms with Crippen molar-refractivity contribution < 1.29 is 4.79 Å². The Morgan fingerprint density at radius 2 is 1.92 bits per heavy atom. The maximum absolute atomic E-state index is 12.6. The third-order valence-corrected chi connectivity index (χ3v) is 3.59. The maximum Gasteiger partial charge on any atom is 0.258 e. The molecule has 5 N–H and O–H groups in total. The van der Waals surface area contributed by atoms with E-state index in [1.165, 1.54) is 0 Å². The summed E-state index contributed by atoms with van der Waals surface area (Å²) in [5, 5.41) is 3.01. The number of carbonyl (C=O) groups is 1. The zero-order chi connectivity index (χ0) is 17.5. The Morgan fingerprint density at radius 3 is 2.54 bits per heavy atom. The highest BCUT2D eigenvalue weighted by atomic mass is 16.2. The Kier molecular flexibility index (Phi) is 5.92. The lowest BCUT2D eigenvalue weighted by Gasteiger charge is -2.21. The molecule has 0 fully saturated rings. The number of carbonyl (C=O) groups excluding carboxylic acids is 1. The van der Waals surface area contributed by atoms with Crippen molar-refractivity contribution in [2.75, 3.05) is 23.8 Å². The summed E-state index contributed by atoms with van der Waals surface area (Å²) in [7, 11) is 1.74. The van der Waals surface area contributed by atoms with Crippen LogP contribution in [0.4, 0.5) is 11.4 Å². The predicted molar refractivity (Wildman–Crippen MR) is 99.3 cm³/mol. The van der Waals surface area contributed by atoms with Crippen LogP contribution in [0.1, 0.15) is 22.8 Å². The van der Waals surface area contributed by atoms with Gasteiger partial charge in [-0.2, -0.15) is 0 Å². The molecule has 126 valence electrons. The van der Waals surface area contributed by atoms with Gasteiger partial charge in [-0.25, -0.2) is 0 Å². The van der Waals surface area contributed by atoms with Gasteiger partial charge in [0.15, 0.2) is 5.96 Å². The zero-order valence-corrected chi connectivity index (χ0v) is 14.0. The molecule has 0 atom stereocenters. The summed E-state index contributed by atoms with van der Waals surface area (Å²) >= 11 is 0. The Balaban J connectivity index is 2.27. The van der Waals surface area contributed by atoms with Crippen LogP contribution in [0.2, 0.25) is 0 Å². The molecule has 2 aromatic carbocycles. The van der Waals surface area contributed by atoms with E-state index in [0.29, 0.717) is 24.6 Å². The van der Waals surface area contributed by atoms with Gasteiger partial charge in [-0.1, -0.05) is 18.2 Å². The minimum atomic E-state index is -0.0851. The number of nitrogens with one attached hydrogen (secondary N) is 1. The first-order chi connectivity index (χ1) is 11.6. The Bertz CT molecular complexity index is 727. The van der Waals surface area contributed by atoms with E-state index in [2.05, 4.69) is 10.3 Å². The van der Waals surface area contributed by atoms with Crippen LogP contribution in [-0.2, 0) is 6.54 Å². The molecule has 0 aliphatic rings. The molecular formula is C18H23N5O. The van der Waals surface area contributed by atoms with Crippen LogP contribution in [0.25, 0.3) is 0 Å². The fourth-order valence-corrected chi connectivity index (χ4v) is 2.40. The smallest absolute Gasteiger partial charge is 0.258 e. The summed E-state index contributed by atoms with van der Waals surface area (Å²) in [6.07, 6.45) is 0. The molecule has 0 radical (unpaired) electrons. The van der Waals surface area contributed by atoms with E-state index in [1.807, 2.05) is 43.3 Å². The summed E-state index contributed by atoms with van der Waals surface area (Å²) in [6.45, 7) is 2.82. The van der Waals surface area contributed by atoms with E-state index in [0.717, 1.165) is 16.9 Å². The number of amides is 1. The van der Waals surface area contributed by atoms with Crippen LogP contribution in [0, 0.1) is 0 Å². The second-order valence-electron chi connectivity index (χ2n) is 5.26. The number of benzene rings is 2. The molecule has 0 saturated carbocycles. The average molecular weight is 325 g/mol. The normalized spacial score (nSPS) is 11.2. The molecule has 2 rings (SSSR count). The molecule has 2 aromatic rings. The highest BCUT2D eigenvalue weighted by Crippen LogP contribution is 2.24. The first-order valence-corrected chi connectivity index (χ1v) is 7.79. The summed E-state index contributed by atoms with van der Waals surface area (Å²) in [4.78, 5) is 18.3. The van der Waals surface area contributed by atoms with Gasteiger partial charge < -0.3 is 21.7 Å². The van der Waals surface area contributed by atoms with Crippen LogP contribution >= 0.6 is 0 Å². The van der Waals surface area contributed by atoms with Gasteiger partial charge >= 0.3 is 0 Å². The van der Waals surface area contributed by atoms with Gasteiger partial charge in [0, 0.05) is 37.1 Å². The number of hydrogen-bond donors (Lipinski definition) is 3. The highest BCUT2D eigenvalue weighted by Gasteiger charge is 2.16. The number of rotatable bonds is 5. The van der Waals surface area contributed by atoms with Crippen LogP contribution in [0.15, 0.2) is 53.5 Å². The molecule has 1 amide bonds.